The van der Waals surface area contributed by atoms with Gasteiger partial charge in [-0.2, -0.15) is 5.10 Å². The molecule has 0 spiro atoms. The number of aryl methyl sites for hydroxylation is 1. The van der Waals surface area contributed by atoms with Crippen molar-refractivity contribution in [3.63, 3.8) is 0 Å². The maximum Gasteiger partial charge on any atom is 0.259 e. The van der Waals surface area contributed by atoms with Crippen molar-refractivity contribution in [3.8, 4) is 5.82 Å². The second-order valence-electron chi connectivity index (χ2n) is 5.89. The van der Waals surface area contributed by atoms with E-state index < -0.39 is 5.91 Å². The Morgan fingerprint density at radius 1 is 1.21 bits per heavy atom. The highest BCUT2D eigenvalue weighted by atomic mass is 16.3. The van der Waals surface area contributed by atoms with Gasteiger partial charge in [0.2, 0.25) is 5.96 Å². The molecule has 0 saturated heterocycles. The lowest BCUT2D eigenvalue weighted by Gasteiger charge is -2.05. The maximum atomic E-state index is 12.3. The van der Waals surface area contributed by atoms with E-state index in [1.165, 1.54) is 6.20 Å². The van der Waals surface area contributed by atoms with Gasteiger partial charge in [0.05, 0.1) is 11.3 Å². The average Bonchev–Trinajstić information content (AvgIpc) is 3.38. The number of guanidine groups is 1. The van der Waals surface area contributed by atoms with E-state index in [4.69, 9.17) is 10.2 Å². The summed E-state index contributed by atoms with van der Waals surface area (Å²) in [4.78, 5) is 20.8. The van der Waals surface area contributed by atoms with Crippen LogP contribution in [0.2, 0.25) is 0 Å². The second-order valence-corrected chi connectivity index (χ2v) is 5.89. The molecule has 8 nitrogen and oxygen atoms in total. The zero-order chi connectivity index (χ0) is 20.8. The highest BCUT2D eigenvalue weighted by Gasteiger charge is 2.09. The van der Waals surface area contributed by atoms with Crippen LogP contribution >= 0.6 is 0 Å². The summed E-state index contributed by atoms with van der Waals surface area (Å²) < 4.78 is 7.13. The first kappa shape index (κ1) is 19.8. The number of amides is 1. The van der Waals surface area contributed by atoms with Crippen LogP contribution in [0.5, 0.6) is 0 Å². The van der Waals surface area contributed by atoms with Gasteiger partial charge < -0.3 is 10.2 Å². The number of aliphatic imine (C=N–C) groups is 1. The number of pyridine rings is 1. The standard InChI is InChI=1S/C19H16N6O2.C2H6/c1-12-9-14-10-15(4-5-16(14)27-12)23-19(20)24-18(26)13-3-6-17(21-11-13)25-8-2-7-22-25;1-2/h2-11H,1H3,(H3,20,23,24,26);1-2H3. The molecule has 0 saturated carbocycles. The van der Waals surface area contributed by atoms with E-state index in [0.717, 1.165) is 16.7 Å². The van der Waals surface area contributed by atoms with Crippen molar-refractivity contribution < 1.29 is 9.21 Å². The van der Waals surface area contributed by atoms with Crippen molar-refractivity contribution in [2.75, 3.05) is 0 Å². The van der Waals surface area contributed by atoms with Gasteiger partial charge in [0.15, 0.2) is 5.82 Å². The molecular weight excluding hydrogens is 368 g/mol. The summed E-state index contributed by atoms with van der Waals surface area (Å²) in [7, 11) is 0. The lowest BCUT2D eigenvalue weighted by atomic mass is 10.2. The molecule has 29 heavy (non-hydrogen) atoms. The molecule has 0 aliphatic rings. The van der Waals surface area contributed by atoms with Gasteiger partial charge in [0, 0.05) is 24.0 Å². The van der Waals surface area contributed by atoms with Gasteiger partial charge in [-0.3, -0.25) is 10.1 Å². The summed E-state index contributed by atoms with van der Waals surface area (Å²) in [6, 6.07) is 12.5. The number of carbonyl (C=O) groups excluding carboxylic acids is 1. The number of hydrogen-bond acceptors (Lipinski definition) is 5. The third kappa shape index (κ3) is 4.67. The Morgan fingerprint density at radius 2 is 2.03 bits per heavy atom. The minimum atomic E-state index is -0.393. The molecule has 0 fully saturated rings. The molecule has 3 aromatic heterocycles. The molecule has 1 aromatic carbocycles. The first-order valence-corrected chi connectivity index (χ1v) is 9.20. The Morgan fingerprint density at radius 3 is 2.72 bits per heavy atom. The fraction of sp³-hybridized carbons (Fsp3) is 0.143. The molecule has 0 aliphatic heterocycles. The minimum absolute atomic E-state index is 0.00396. The minimum Gasteiger partial charge on any atom is -0.461 e. The topological polar surface area (TPSA) is 111 Å². The molecule has 0 aliphatic carbocycles. The largest absolute Gasteiger partial charge is 0.461 e. The molecule has 0 bridgehead atoms. The third-order valence-electron chi connectivity index (χ3n) is 3.86. The first-order chi connectivity index (χ1) is 14.1. The van der Waals surface area contributed by atoms with Crippen molar-refractivity contribution in [2.45, 2.75) is 20.8 Å². The number of carbonyl (C=O) groups is 1. The average molecular weight is 390 g/mol. The summed E-state index contributed by atoms with van der Waals surface area (Å²) in [6.07, 6.45) is 4.88. The van der Waals surface area contributed by atoms with Crippen LogP contribution in [-0.2, 0) is 0 Å². The van der Waals surface area contributed by atoms with Crippen LogP contribution in [0.3, 0.4) is 0 Å². The van der Waals surface area contributed by atoms with Gasteiger partial charge in [-0.15, -0.1) is 0 Å². The summed E-state index contributed by atoms with van der Waals surface area (Å²) in [5, 5.41) is 7.56. The normalized spacial score (nSPS) is 11.1. The van der Waals surface area contributed by atoms with Crippen LogP contribution in [-0.4, -0.2) is 26.6 Å². The van der Waals surface area contributed by atoms with E-state index in [1.54, 1.807) is 41.3 Å². The number of benzene rings is 1. The van der Waals surface area contributed by atoms with Gasteiger partial charge >= 0.3 is 0 Å². The molecule has 4 rings (SSSR count). The zero-order valence-corrected chi connectivity index (χ0v) is 16.5. The number of nitrogens with zero attached hydrogens (tertiary/aromatic N) is 4. The molecule has 3 heterocycles. The van der Waals surface area contributed by atoms with Crippen molar-refractivity contribution in [3.05, 3.63) is 72.4 Å². The Labute approximate surface area is 168 Å². The first-order valence-electron chi connectivity index (χ1n) is 9.20. The third-order valence-corrected chi connectivity index (χ3v) is 3.86. The van der Waals surface area contributed by atoms with E-state index >= 15 is 0 Å². The molecule has 0 atom stereocenters. The van der Waals surface area contributed by atoms with Crippen LogP contribution in [0.1, 0.15) is 30.0 Å². The zero-order valence-electron chi connectivity index (χ0n) is 16.5. The number of hydrogen-bond donors (Lipinski definition) is 2. The molecule has 0 radical (unpaired) electrons. The van der Waals surface area contributed by atoms with Gasteiger partial charge in [-0.25, -0.2) is 14.7 Å². The van der Waals surface area contributed by atoms with E-state index in [1.807, 2.05) is 39.0 Å². The Kier molecular flexibility index (Phi) is 6.03. The highest BCUT2D eigenvalue weighted by molar-refractivity contribution is 6.05. The van der Waals surface area contributed by atoms with Crippen molar-refractivity contribution in [2.24, 2.45) is 10.7 Å². The number of nitrogens with two attached hydrogens (primary N) is 1. The molecule has 4 aromatic rings. The molecule has 1 amide bonds. The Hall–Kier alpha value is -3.94. The van der Waals surface area contributed by atoms with Gasteiger partial charge in [0.1, 0.15) is 11.3 Å². The smallest absolute Gasteiger partial charge is 0.259 e. The van der Waals surface area contributed by atoms with Crippen LogP contribution in [0, 0.1) is 6.92 Å². The SMILES string of the molecule is CC.Cc1cc2cc(N=C(N)NC(=O)c3ccc(-n4cccn4)nc3)ccc2o1. The van der Waals surface area contributed by atoms with Gasteiger partial charge in [0.25, 0.3) is 5.91 Å². The van der Waals surface area contributed by atoms with Crippen LogP contribution in [0.15, 0.2) is 70.5 Å². The van der Waals surface area contributed by atoms with Crippen molar-refractivity contribution in [1.82, 2.24) is 20.1 Å². The lowest BCUT2D eigenvalue weighted by Crippen LogP contribution is -2.36. The fourth-order valence-corrected chi connectivity index (χ4v) is 2.65. The number of aromatic nitrogens is 3. The number of fused-ring (bicyclic) bond motifs is 1. The van der Waals surface area contributed by atoms with Crippen LogP contribution in [0.25, 0.3) is 16.8 Å². The second kappa shape index (κ2) is 8.83. The van der Waals surface area contributed by atoms with E-state index in [0.29, 0.717) is 17.1 Å². The summed E-state index contributed by atoms with van der Waals surface area (Å²) in [6.45, 7) is 5.88. The monoisotopic (exact) mass is 390 g/mol. The van der Waals surface area contributed by atoms with E-state index in [2.05, 4.69) is 20.4 Å². The summed E-state index contributed by atoms with van der Waals surface area (Å²) in [5.41, 5.74) is 7.62. The highest BCUT2D eigenvalue weighted by Crippen LogP contribution is 2.24. The van der Waals surface area contributed by atoms with Crippen molar-refractivity contribution >= 4 is 28.5 Å². The molecular formula is C21H22N6O2. The number of nitrogens with one attached hydrogen (secondary N) is 1. The maximum absolute atomic E-state index is 12.3. The van der Waals surface area contributed by atoms with Gasteiger partial charge in [-0.1, -0.05) is 13.8 Å². The van der Waals surface area contributed by atoms with Crippen molar-refractivity contribution in [1.29, 1.82) is 0 Å². The fourth-order valence-electron chi connectivity index (χ4n) is 2.65. The summed E-state index contributed by atoms with van der Waals surface area (Å²) >= 11 is 0. The molecule has 148 valence electrons. The van der Waals surface area contributed by atoms with Crippen LogP contribution < -0.4 is 11.1 Å². The quantitative estimate of drug-likeness (QED) is 0.409. The number of furan rings is 1. The van der Waals surface area contributed by atoms with E-state index in [9.17, 15) is 4.79 Å². The predicted molar refractivity (Wildman–Crippen MR) is 112 cm³/mol. The van der Waals surface area contributed by atoms with Gasteiger partial charge in [-0.05, 0) is 49.4 Å². The number of rotatable bonds is 3. The predicted octanol–water partition coefficient (Wildman–Crippen LogP) is 3.72. The lowest BCUT2D eigenvalue weighted by molar-refractivity contribution is 0.0976. The Balaban J connectivity index is 0.00000117. The Bertz CT molecular complexity index is 1130. The van der Waals surface area contributed by atoms with E-state index in [-0.39, 0.29) is 5.96 Å². The van der Waals surface area contributed by atoms with Crippen LogP contribution in [0.4, 0.5) is 5.69 Å². The molecule has 0 unspecified atom stereocenters. The molecule has 3 N–H and O–H groups in total. The molecule has 8 heteroatoms. The summed E-state index contributed by atoms with van der Waals surface area (Å²) in [5.74, 6) is 1.03.